The first-order chi connectivity index (χ1) is 15.0. The first-order valence-electron chi connectivity index (χ1n) is 10.4. The Morgan fingerprint density at radius 1 is 1.16 bits per heavy atom. The lowest BCUT2D eigenvalue weighted by Gasteiger charge is -2.28. The van der Waals surface area contributed by atoms with Crippen LogP contribution in [-0.4, -0.2) is 39.8 Å². The lowest BCUT2D eigenvalue weighted by molar-refractivity contribution is 0.180. The molecule has 1 aliphatic rings. The molecule has 2 atom stereocenters. The minimum Gasteiger partial charge on any atom is -0.385 e. The molecule has 1 N–H and O–H groups in total. The molecule has 1 saturated heterocycles. The summed E-state index contributed by atoms with van der Waals surface area (Å²) in [4.78, 5) is 6.80. The molecule has 3 heterocycles. The van der Waals surface area contributed by atoms with Crippen molar-refractivity contribution in [3.05, 3.63) is 83.2 Å². The second kappa shape index (κ2) is 9.16. The van der Waals surface area contributed by atoms with Crippen LogP contribution in [0.25, 0.3) is 5.69 Å². The molecule has 4 rings (SSSR count). The number of aromatic nitrogens is 2. The summed E-state index contributed by atoms with van der Waals surface area (Å²) in [5, 5.41) is 4.17. The zero-order chi connectivity index (χ0) is 22.0. The number of nitrogens with one attached hydrogen (secondary N) is 1. The molecule has 0 amide bonds. The number of thiocarbonyl (C=S) groups is 1. The Kier molecular flexibility index (Phi) is 6.34. The zero-order valence-electron chi connectivity index (χ0n) is 18.0. The maximum atomic E-state index is 14.6. The Hall–Kier alpha value is -2.77. The van der Waals surface area contributed by atoms with Gasteiger partial charge in [-0.3, -0.25) is 4.98 Å². The Bertz CT molecular complexity index is 1070. The number of aryl methyl sites for hydroxylation is 1. The predicted molar refractivity (Wildman–Crippen MR) is 124 cm³/mol. The number of halogens is 1. The van der Waals surface area contributed by atoms with Crippen molar-refractivity contribution in [3.63, 3.8) is 0 Å². The van der Waals surface area contributed by atoms with Crippen molar-refractivity contribution < 1.29 is 9.13 Å². The monoisotopic (exact) mass is 438 g/mol. The summed E-state index contributed by atoms with van der Waals surface area (Å²) in [5.74, 6) is -0.242. The van der Waals surface area contributed by atoms with E-state index in [1.165, 1.54) is 6.07 Å². The van der Waals surface area contributed by atoms with Crippen LogP contribution in [0.2, 0.25) is 0 Å². The molecule has 3 aromatic rings. The highest BCUT2D eigenvalue weighted by molar-refractivity contribution is 7.80. The van der Waals surface area contributed by atoms with E-state index in [1.807, 2.05) is 48.7 Å². The number of pyridine rings is 1. The first-order valence-corrected chi connectivity index (χ1v) is 10.8. The van der Waals surface area contributed by atoms with E-state index in [4.69, 9.17) is 17.0 Å². The summed E-state index contributed by atoms with van der Waals surface area (Å²) in [7, 11) is 1.71. The number of rotatable bonds is 7. The highest BCUT2D eigenvalue weighted by atomic mass is 32.1. The third-order valence-corrected chi connectivity index (χ3v) is 6.18. The summed E-state index contributed by atoms with van der Waals surface area (Å²) in [6.45, 7) is 5.47. The van der Waals surface area contributed by atoms with Gasteiger partial charge < -0.3 is 19.5 Å². The van der Waals surface area contributed by atoms with Crippen molar-refractivity contribution in [2.75, 3.05) is 20.3 Å². The number of hydrogen-bond donors (Lipinski definition) is 1. The van der Waals surface area contributed by atoms with Crippen molar-refractivity contribution >= 4 is 17.3 Å². The molecule has 162 valence electrons. The fraction of sp³-hybridized carbons (Fsp3) is 0.333. The molecule has 0 saturated carbocycles. The Morgan fingerprint density at radius 3 is 2.65 bits per heavy atom. The fourth-order valence-corrected chi connectivity index (χ4v) is 4.79. The highest BCUT2D eigenvalue weighted by Gasteiger charge is 2.41. The molecule has 0 radical (unpaired) electrons. The summed E-state index contributed by atoms with van der Waals surface area (Å²) in [5.41, 5.74) is 4.57. The molecule has 0 spiro atoms. The minimum absolute atomic E-state index is 0.0500. The normalized spacial score (nSPS) is 18.5. The number of para-hydroxylation sites is 1. The number of ether oxygens (including phenoxy) is 1. The number of hydrogen-bond acceptors (Lipinski definition) is 3. The highest BCUT2D eigenvalue weighted by Crippen LogP contribution is 2.41. The van der Waals surface area contributed by atoms with E-state index in [0.29, 0.717) is 17.4 Å². The van der Waals surface area contributed by atoms with E-state index in [9.17, 15) is 4.39 Å². The van der Waals surface area contributed by atoms with Gasteiger partial charge in [-0.15, -0.1) is 0 Å². The quantitative estimate of drug-likeness (QED) is 0.430. The fourth-order valence-electron chi connectivity index (χ4n) is 4.45. The molecule has 0 aliphatic carbocycles. The van der Waals surface area contributed by atoms with Gasteiger partial charge in [-0.25, -0.2) is 4.39 Å². The third-order valence-electron chi connectivity index (χ3n) is 5.83. The standard InChI is InChI=1S/C24H27FN4OS/c1-16-15-18(17(2)29(16)21-11-5-4-9-19(21)25)23-22(20-10-6-7-12-26-20)27-24(31)28(23)13-8-14-30-3/h4-7,9-12,15,22-23H,8,13-14H2,1-3H3,(H,27,31)/t22-,23+/m1/s1. The topological polar surface area (TPSA) is 42.3 Å². The summed E-state index contributed by atoms with van der Waals surface area (Å²) in [6.07, 6.45) is 2.66. The van der Waals surface area contributed by atoms with Crippen LogP contribution in [0.5, 0.6) is 0 Å². The van der Waals surface area contributed by atoms with Crippen molar-refractivity contribution in [2.24, 2.45) is 0 Å². The van der Waals surface area contributed by atoms with E-state index < -0.39 is 0 Å². The molecule has 1 aliphatic heterocycles. The van der Waals surface area contributed by atoms with Crippen LogP contribution < -0.4 is 5.32 Å². The van der Waals surface area contributed by atoms with Gasteiger partial charge in [-0.2, -0.15) is 0 Å². The van der Waals surface area contributed by atoms with Gasteiger partial charge in [0.2, 0.25) is 0 Å². The maximum absolute atomic E-state index is 14.6. The molecule has 31 heavy (non-hydrogen) atoms. The van der Waals surface area contributed by atoms with Gasteiger partial charge in [0.25, 0.3) is 0 Å². The van der Waals surface area contributed by atoms with Crippen molar-refractivity contribution in [2.45, 2.75) is 32.4 Å². The number of benzene rings is 1. The molecule has 7 heteroatoms. The molecule has 1 aromatic carbocycles. The van der Waals surface area contributed by atoms with Crippen LogP contribution in [0.3, 0.4) is 0 Å². The molecule has 0 unspecified atom stereocenters. The summed E-state index contributed by atoms with van der Waals surface area (Å²) < 4.78 is 21.9. The van der Waals surface area contributed by atoms with Gasteiger partial charge >= 0.3 is 0 Å². The van der Waals surface area contributed by atoms with Crippen LogP contribution in [0.15, 0.2) is 54.7 Å². The van der Waals surface area contributed by atoms with Crippen LogP contribution in [0, 0.1) is 19.7 Å². The van der Waals surface area contributed by atoms with Crippen LogP contribution in [0.4, 0.5) is 4.39 Å². The number of nitrogens with zero attached hydrogens (tertiary/aromatic N) is 3. The van der Waals surface area contributed by atoms with Crippen molar-refractivity contribution in [1.29, 1.82) is 0 Å². The minimum atomic E-state index is -0.242. The summed E-state index contributed by atoms with van der Waals surface area (Å²) in [6, 6.07) is 14.8. The maximum Gasteiger partial charge on any atom is 0.170 e. The van der Waals surface area contributed by atoms with Gasteiger partial charge in [-0.05, 0) is 68.4 Å². The van der Waals surface area contributed by atoms with Gasteiger partial charge in [0, 0.05) is 37.8 Å². The first kappa shape index (κ1) is 21.5. The SMILES string of the molecule is COCCCN1C(=S)N[C@H](c2ccccn2)[C@@H]1c1cc(C)n(-c2ccccc2F)c1C. The second-order valence-corrected chi connectivity index (χ2v) is 8.17. The predicted octanol–water partition coefficient (Wildman–Crippen LogP) is 4.64. The van der Waals surface area contributed by atoms with E-state index in [0.717, 1.165) is 35.6 Å². The van der Waals surface area contributed by atoms with Gasteiger partial charge in [-0.1, -0.05) is 18.2 Å². The third kappa shape index (κ3) is 4.07. The molecule has 2 aromatic heterocycles. The average molecular weight is 439 g/mol. The number of methoxy groups -OCH3 is 1. The Labute approximate surface area is 187 Å². The molecular formula is C24H27FN4OS. The smallest absolute Gasteiger partial charge is 0.170 e. The Morgan fingerprint density at radius 2 is 1.94 bits per heavy atom. The van der Waals surface area contributed by atoms with Gasteiger partial charge in [0.15, 0.2) is 5.11 Å². The Balaban J connectivity index is 1.80. The van der Waals surface area contributed by atoms with E-state index >= 15 is 0 Å². The zero-order valence-corrected chi connectivity index (χ0v) is 18.8. The van der Waals surface area contributed by atoms with Crippen LogP contribution >= 0.6 is 12.2 Å². The lowest BCUT2D eigenvalue weighted by Crippen LogP contribution is -2.31. The van der Waals surface area contributed by atoms with Crippen LogP contribution in [0.1, 0.15) is 41.1 Å². The lowest BCUT2D eigenvalue weighted by atomic mass is 9.96. The second-order valence-electron chi connectivity index (χ2n) is 7.78. The molecule has 1 fully saturated rings. The van der Waals surface area contributed by atoms with Gasteiger partial charge in [0.1, 0.15) is 5.82 Å². The van der Waals surface area contributed by atoms with E-state index in [1.54, 1.807) is 19.4 Å². The van der Waals surface area contributed by atoms with Crippen LogP contribution in [-0.2, 0) is 4.74 Å². The molecular weight excluding hydrogens is 411 g/mol. The largest absolute Gasteiger partial charge is 0.385 e. The van der Waals surface area contributed by atoms with E-state index in [2.05, 4.69) is 21.3 Å². The van der Waals surface area contributed by atoms with Gasteiger partial charge in [0.05, 0.1) is 23.5 Å². The molecule has 5 nitrogen and oxygen atoms in total. The summed E-state index contributed by atoms with van der Waals surface area (Å²) >= 11 is 5.72. The van der Waals surface area contributed by atoms with Crippen molar-refractivity contribution in [1.82, 2.24) is 19.8 Å². The van der Waals surface area contributed by atoms with E-state index in [-0.39, 0.29) is 17.9 Å². The van der Waals surface area contributed by atoms with Crippen molar-refractivity contribution in [3.8, 4) is 5.69 Å². The molecule has 0 bridgehead atoms. The average Bonchev–Trinajstić information content (AvgIpc) is 3.25.